The Morgan fingerprint density at radius 1 is 1.30 bits per heavy atom. The minimum Gasteiger partial charge on any atom is -0.493 e. The van der Waals surface area contributed by atoms with E-state index in [1.54, 1.807) is 4.40 Å². The van der Waals surface area contributed by atoms with Gasteiger partial charge in [-0.2, -0.15) is 0 Å². The number of aromatic hydroxyl groups is 1. The van der Waals surface area contributed by atoms with E-state index in [0.717, 1.165) is 28.6 Å². The molecule has 0 spiro atoms. The summed E-state index contributed by atoms with van der Waals surface area (Å²) in [5, 5.41) is 11.9. The Morgan fingerprint density at radius 3 is 2.87 bits per heavy atom. The number of nitrogens with one attached hydrogen (secondary N) is 1. The van der Waals surface area contributed by atoms with Crippen LogP contribution in [0.15, 0.2) is 47.7 Å². The summed E-state index contributed by atoms with van der Waals surface area (Å²) in [6.07, 6.45) is 8.26. The van der Waals surface area contributed by atoms with Crippen LogP contribution in [-0.4, -0.2) is 37.0 Å². The molecule has 6 N–H and O–H groups in total. The number of aromatic nitrogens is 4. The highest BCUT2D eigenvalue weighted by atomic mass is 16.3. The number of para-hydroxylation sites is 1. The minimum atomic E-state index is 0.0304. The Labute approximate surface area is 174 Å². The van der Waals surface area contributed by atoms with Gasteiger partial charge in [-0.15, -0.1) is 0 Å². The molecule has 8 heteroatoms. The number of aromatic amines is 1. The number of rotatable bonds is 6. The summed E-state index contributed by atoms with van der Waals surface area (Å²) in [6.45, 7) is 4.45. The maximum atomic E-state index is 10.9. The second kappa shape index (κ2) is 7.90. The van der Waals surface area contributed by atoms with E-state index < -0.39 is 0 Å². The van der Waals surface area contributed by atoms with Gasteiger partial charge in [-0.05, 0) is 18.6 Å². The van der Waals surface area contributed by atoms with Gasteiger partial charge in [0.1, 0.15) is 11.4 Å². The molecule has 3 heterocycles. The fourth-order valence-corrected chi connectivity index (χ4v) is 3.45. The van der Waals surface area contributed by atoms with Crippen LogP contribution in [0.5, 0.6) is 5.88 Å². The highest BCUT2D eigenvalue weighted by molar-refractivity contribution is 5.94. The third-order valence-electron chi connectivity index (χ3n) is 5.23. The molecule has 3 aromatic heterocycles. The van der Waals surface area contributed by atoms with E-state index in [1.807, 2.05) is 55.7 Å². The highest BCUT2D eigenvalue weighted by Gasteiger charge is 2.20. The van der Waals surface area contributed by atoms with Gasteiger partial charge in [0.05, 0.1) is 12.2 Å². The van der Waals surface area contributed by atoms with Crippen molar-refractivity contribution in [1.82, 2.24) is 19.4 Å². The lowest BCUT2D eigenvalue weighted by molar-refractivity contribution is 0.435. The van der Waals surface area contributed by atoms with Gasteiger partial charge in [0.2, 0.25) is 5.88 Å². The van der Waals surface area contributed by atoms with E-state index in [2.05, 4.69) is 21.9 Å². The zero-order valence-corrected chi connectivity index (χ0v) is 17.0. The first-order valence-corrected chi connectivity index (χ1v) is 9.90. The summed E-state index contributed by atoms with van der Waals surface area (Å²) < 4.78 is 1.70. The second-order valence-electron chi connectivity index (χ2n) is 7.25. The molecule has 30 heavy (non-hydrogen) atoms. The number of guanidine groups is 1. The SMILES string of the molecule is CC[C@H](C)c1nc2c(/C=C/CN=C(N)N)nc(-c3c[nH]c4ccccc34)cn2c1O. The Bertz CT molecular complexity index is 1260. The van der Waals surface area contributed by atoms with Gasteiger partial charge in [-0.3, -0.25) is 4.40 Å². The molecule has 0 saturated carbocycles. The van der Waals surface area contributed by atoms with Crippen LogP contribution in [-0.2, 0) is 0 Å². The van der Waals surface area contributed by atoms with Crippen LogP contribution in [0.4, 0.5) is 0 Å². The number of imidazole rings is 1. The van der Waals surface area contributed by atoms with Crippen molar-refractivity contribution in [2.45, 2.75) is 26.2 Å². The van der Waals surface area contributed by atoms with Gasteiger partial charge in [0, 0.05) is 34.8 Å². The molecule has 0 aliphatic heterocycles. The van der Waals surface area contributed by atoms with Crippen LogP contribution in [0, 0.1) is 0 Å². The molecule has 0 unspecified atom stereocenters. The summed E-state index contributed by atoms with van der Waals surface area (Å²) in [6, 6.07) is 8.03. The number of nitrogens with zero attached hydrogens (tertiary/aromatic N) is 4. The van der Waals surface area contributed by atoms with E-state index in [-0.39, 0.29) is 17.8 Å². The smallest absolute Gasteiger partial charge is 0.219 e. The third-order valence-corrected chi connectivity index (χ3v) is 5.23. The number of fused-ring (bicyclic) bond motifs is 2. The molecule has 0 aliphatic carbocycles. The monoisotopic (exact) mass is 403 g/mol. The Kier molecular flexibility index (Phi) is 5.14. The van der Waals surface area contributed by atoms with Crippen molar-refractivity contribution in [2.75, 3.05) is 6.54 Å². The summed E-state index contributed by atoms with van der Waals surface area (Å²) in [5.41, 5.74) is 15.4. The fourth-order valence-electron chi connectivity index (χ4n) is 3.45. The van der Waals surface area contributed by atoms with Crippen molar-refractivity contribution in [2.24, 2.45) is 16.5 Å². The minimum absolute atomic E-state index is 0.0304. The summed E-state index contributed by atoms with van der Waals surface area (Å²) >= 11 is 0. The predicted octanol–water partition coefficient (Wildman–Crippen LogP) is 3.38. The van der Waals surface area contributed by atoms with Crippen LogP contribution >= 0.6 is 0 Å². The second-order valence-corrected chi connectivity index (χ2v) is 7.25. The first-order chi connectivity index (χ1) is 14.5. The van der Waals surface area contributed by atoms with Gasteiger partial charge >= 0.3 is 0 Å². The molecule has 4 aromatic rings. The molecule has 8 nitrogen and oxygen atoms in total. The van der Waals surface area contributed by atoms with Crippen LogP contribution in [0.25, 0.3) is 33.9 Å². The topological polar surface area (TPSA) is 131 Å². The van der Waals surface area contributed by atoms with Crippen molar-refractivity contribution in [1.29, 1.82) is 0 Å². The Hall–Kier alpha value is -3.81. The first-order valence-electron chi connectivity index (χ1n) is 9.90. The third kappa shape index (κ3) is 3.47. The van der Waals surface area contributed by atoms with E-state index in [9.17, 15) is 5.11 Å². The van der Waals surface area contributed by atoms with Gasteiger partial charge in [0.25, 0.3) is 0 Å². The summed E-state index contributed by atoms with van der Waals surface area (Å²) in [4.78, 5) is 16.8. The van der Waals surface area contributed by atoms with E-state index in [0.29, 0.717) is 23.6 Å². The molecular formula is C22H25N7O. The molecular weight excluding hydrogens is 378 g/mol. The molecule has 1 atom stereocenters. The molecule has 4 rings (SSSR count). The largest absolute Gasteiger partial charge is 0.493 e. The molecule has 0 fully saturated rings. The fraction of sp³-hybridized carbons (Fsp3) is 0.227. The number of H-pyrrole nitrogens is 1. The normalized spacial score (nSPS) is 12.7. The molecule has 0 amide bonds. The van der Waals surface area contributed by atoms with Crippen molar-refractivity contribution in [3.05, 3.63) is 54.1 Å². The summed E-state index contributed by atoms with van der Waals surface area (Å²) in [7, 11) is 0. The first kappa shape index (κ1) is 19.5. The van der Waals surface area contributed by atoms with E-state index >= 15 is 0 Å². The number of benzene rings is 1. The highest BCUT2D eigenvalue weighted by Crippen LogP contribution is 2.33. The van der Waals surface area contributed by atoms with Gasteiger partial charge in [0.15, 0.2) is 11.6 Å². The summed E-state index contributed by atoms with van der Waals surface area (Å²) in [5.74, 6) is 0.296. The zero-order valence-electron chi connectivity index (χ0n) is 17.0. The van der Waals surface area contributed by atoms with Crippen molar-refractivity contribution in [3.8, 4) is 17.1 Å². The lowest BCUT2D eigenvalue weighted by Crippen LogP contribution is -2.22. The molecule has 154 valence electrons. The van der Waals surface area contributed by atoms with Crippen LogP contribution in [0.2, 0.25) is 0 Å². The quantitative estimate of drug-likeness (QED) is 0.289. The van der Waals surface area contributed by atoms with Crippen molar-refractivity contribution in [3.63, 3.8) is 0 Å². The average molecular weight is 403 g/mol. The van der Waals surface area contributed by atoms with Gasteiger partial charge < -0.3 is 21.6 Å². The van der Waals surface area contributed by atoms with Crippen LogP contribution in [0.3, 0.4) is 0 Å². The molecule has 0 aliphatic rings. The van der Waals surface area contributed by atoms with Crippen molar-refractivity contribution >= 4 is 28.6 Å². The van der Waals surface area contributed by atoms with E-state index in [1.165, 1.54) is 0 Å². The molecule has 0 radical (unpaired) electrons. The van der Waals surface area contributed by atoms with Gasteiger partial charge in [-0.25, -0.2) is 15.0 Å². The lowest BCUT2D eigenvalue weighted by Gasteiger charge is -2.06. The molecule has 0 saturated heterocycles. The van der Waals surface area contributed by atoms with Crippen LogP contribution < -0.4 is 11.5 Å². The number of hydrogen-bond donors (Lipinski definition) is 4. The zero-order chi connectivity index (χ0) is 21.3. The number of nitrogens with two attached hydrogens (primary N) is 2. The maximum absolute atomic E-state index is 10.9. The number of hydrogen-bond acceptors (Lipinski definition) is 4. The van der Waals surface area contributed by atoms with Crippen LogP contribution in [0.1, 0.15) is 37.6 Å². The average Bonchev–Trinajstić information content (AvgIpc) is 3.32. The molecule has 1 aromatic carbocycles. The standard InChI is InChI=1S/C22H25N7O/c1-3-13(2)19-21(30)29-12-18(15-11-26-16-8-5-4-7-14(15)16)27-17(20(29)28-19)9-6-10-25-22(23)24/h4-9,11-13,26,30H,3,10H2,1-2H3,(H4,23,24,25)/b9-6+/t13-/m0/s1. The van der Waals surface area contributed by atoms with Crippen molar-refractivity contribution < 1.29 is 5.11 Å². The number of aliphatic imine (C=N–C) groups is 1. The Balaban J connectivity index is 1.91. The maximum Gasteiger partial charge on any atom is 0.219 e. The lowest BCUT2D eigenvalue weighted by atomic mass is 10.1. The predicted molar refractivity (Wildman–Crippen MR) is 120 cm³/mol. The Morgan fingerprint density at radius 2 is 2.10 bits per heavy atom. The molecule has 0 bridgehead atoms. The van der Waals surface area contributed by atoms with E-state index in [4.69, 9.17) is 16.5 Å². The van der Waals surface area contributed by atoms with Gasteiger partial charge in [-0.1, -0.05) is 38.1 Å².